The Bertz CT molecular complexity index is 1380. The molecule has 2 aromatic heterocycles. The number of carbonyl (C=O) groups excluding carboxylic acids is 1. The first-order valence-corrected chi connectivity index (χ1v) is 13.5. The third kappa shape index (κ3) is 5.81. The lowest BCUT2D eigenvalue weighted by Crippen LogP contribution is -2.41. The zero-order chi connectivity index (χ0) is 25.3. The van der Waals surface area contributed by atoms with E-state index >= 15 is 4.39 Å². The topological polar surface area (TPSA) is 87.5 Å². The largest absolute Gasteiger partial charge is 0.308 e. The Morgan fingerprint density at radius 2 is 2.11 bits per heavy atom. The number of nitrogens with one attached hydrogen (secondary N) is 1. The predicted molar refractivity (Wildman–Crippen MR) is 137 cm³/mol. The second-order valence-electron chi connectivity index (χ2n) is 8.49. The maximum atomic E-state index is 15.1. The Morgan fingerprint density at radius 3 is 2.77 bits per heavy atom. The number of aromatic nitrogens is 2. The molecule has 12 heteroatoms. The van der Waals surface area contributed by atoms with Crippen LogP contribution < -0.4 is 9.62 Å². The molecule has 0 spiro atoms. The SMILES string of the molecule is C/C(=C\S(=O)(=O)NC1CCN(c2ccc(-n3ccnc3CN(C)C)cc2F)C1=O)c1ccc(Cl)s1. The third-order valence-corrected chi connectivity index (χ3v) is 8.12. The van der Waals surface area contributed by atoms with Crippen molar-refractivity contribution in [2.75, 3.05) is 25.5 Å². The second kappa shape index (κ2) is 10.2. The molecule has 3 heterocycles. The molecule has 1 fully saturated rings. The van der Waals surface area contributed by atoms with Gasteiger partial charge in [-0.25, -0.2) is 17.8 Å². The molecular weight excluding hydrogens is 513 g/mol. The van der Waals surface area contributed by atoms with E-state index in [-0.39, 0.29) is 18.7 Å². The van der Waals surface area contributed by atoms with Crippen molar-refractivity contribution in [1.29, 1.82) is 0 Å². The molecule has 186 valence electrons. The molecule has 1 aliphatic rings. The number of hydrogen-bond acceptors (Lipinski definition) is 6. The van der Waals surface area contributed by atoms with Crippen LogP contribution >= 0.6 is 22.9 Å². The monoisotopic (exact) mass is 537 g/mol. The van der Waals surface area contributed by atoms with Gasteiger partial charge in [0.15, 0.2) is 0 Å². The fourth-order valence-corrected chi connectivity index (χ4v) is 6.28. The number of allylic oxidation sites excluding steroid dienone is 1. The zero-order valence-corrected chi connectivity index (χ0v) is 21.8. The summed E-state index contributed by atoms with van der Waals surface area (Å²) in [6.07, 6.45) is 3.62. The summed E-state index contributed by atoms with van der Waals surface area (Å²) in [5.74, 6) is -0.322. The third-order valence-electron chi connectivity index (χ3n) is 5.48. The molecule has 1 N–H and O–H groups in total. The van der Waals surface area contributed by atoms with Crippen LogP contribution in [0.5, 0.6) is 0 Å². The first-order chi connectivity index (χ1) is 16.5. The molecule has 1 atom stereocenters. The number of benzene rings is 1. The van der Waals surface area contributed by atoms with Crippen molar-refractivity contribution in [3.63, 3.8) is 0 Å². The molecule has 1 saturated heterocycles. The fourth-order valence-electron chi connectivity index (χ4n) is 3.91. The van der Waals surface area contributed by atoms with Crippen molar-refractivity contribution in [1.82, 2.24) is 19.2 Å². The maximum absolute atomic E-state index is 15.1. The van der Waals surface area contributed by atoms with E-state index in [0.29, 0.717) is 27.0 Å². The summed E-state index contributed by atoms with van der Waals surface area (Å²) in [5.41, 5.74) is 1.19. The van der Waals surface area contributed by atoms with Crippen molar-refractivity contribution in [2.24, 2.45) is 0 Å². The molecule has 0 radical (unpaired) electrons. The minimum atomic E-state index is -3.91. The zero-order valence-electron chi connectivity index (χ0n) is 19.4. The maximum Gasteiger partial charge on any atom is 0.245 e. The minimum Gasteiger partial charge on any atom is -0.308 e. The smallest absolute Gasteiger partial charge is 0.245 e. The van der Waals surface area contributed by atoms with Gasteiger partial charge in [-0.05, 0) is 57.3 Å². The molecule has 4 rings (SSSR count). The van der Waals surface area contributed by atoms with E-state index in [4.69, 9.17) is 11.6 Å². The first-order valence-electron chi connectivity index (χ1n) is 10.8. The van der Waals surface area contributed by atoms with Gasteiger partial charge in [0.1, 0.15) is 17.7 Å². The number of anilines is 1. The number of amides is 1. The molecule has 3 aromatic rings. The highest BCUT2D eigenvalue weighted by Gasteiger charge is 2.36. The van der Waals surface area contributed by atoms with Gasteiger partial charge < -0.3 is 14.4 Å². The number of imidazole rings is 1. The summed E-state index contributed by atoms with van der Waals surface area (Å²) in [6, 6.07) is 7.03. The van der Waals surface area contributed by atoms with E-state index in [1.165, 1.54) is 28.4 Å². The van der Waals surface area contributed by atoms with E-state index in [2.05, 4.69) is 9.71 Å². The lowest BCUT2D eigenvalue weighted by Gasteiger charge is -2.19. The number of hydrogen-bond donors (Lipinski definition) is 1. The average molecular weight is 538 g/mol. The van der Waals surface area contributed by atoms with Crippen LogP contribution in [-0.2, 0) is 21.4 Å². The van der Waals surface area contributed by atoms with Gasteiger partial charge in [-0.2, -0.15) is 4.72 Å². The summed E-state index contributed by atoms with van der Waals surface area (Å²) in [7, 11) is -0.0711. The molecule has 0 aliphatic carbocycles. The molecule has 8 nitrogen and oxygen atoms in total. The van der Waals surface area contributed by atoms with Crippen LogP contribution in [0.1, 0.15) is 24.0 Å². The number of carbonyl (C=O) groups is 1. The van der Waals surface area contributed by atoms with Gasteiger partial charge in [0.25, 0.3) is 0 Å². The molecule has 1 aromatic carbocycles. The van der Waals surface area contributed by atoms with Crippen molar-refractivity contribution in [3.8, 4) is 5.69 Å². The van der Waals surface area contributed by atoms with Crippen LogP contribution in [0.25, 0.3) is 11.3 Å². The van der Waals surface area contributed by atoms with Gasteiger partial charge in [-0.1, -0.05) is 11.6 Å². The Labute approximate surface area is 212 Å². The summed E-state index contributed by atoms with van der Waals surface area (Å²) in [5, 5.41) is 1.08. The lowest BCUT2D eigenvalue weighted by molar-refractivity contribution is -0.118. The Morgan fingerprint density at radius 1 is 1.34 bits per heavy atom. The lowest BCUT2D eigenvalue weighted by atomic mass is 10.2. The van der Waals surface area contributed by atoms with Gasteiger partial charge in [0.05, 0.1) is 22.0 Å². The number of sulfonamides is 1. The van der Waals surface area contributed by atoms with Crippen LogP contribution in [-0.4, -0.2) is 55.5 Å². The summed E-state index contributed by atoms with van der Waals surface area (Å²) >= 11 is 7.19. The van der Waals surface area contributed by atoms with Gasteiger partial charge in [-0.15, -0.1) is 11.3 Å². The van der Waals surface area contributed by atoms with E-state index in [1.54, 1.807) is 42.1 Å². The van der Waals surface area contributed by atoms with Gasteiger partial charge >= 0.3 is 0 Å². The normalized spacial score (nSPS) is 17.1. The van der Waals surface area contributed by atoms with Gasteiger partial charge in [0.2, 0.25) is 15.9 Å². The molecule has 0 saturated carbocycles. The van der Waals surface area contributed by atoms with Crippen LogP contribution in [0.15, 0.2) is 48.1 Å². The number of rotatable bonds is 8. The molecular formula is C23H25ClFN5O3S2. The van der Waals surface area contributed by atoms with E-state index < -0.39 is 27.8 Å². The highest BCUT2D eigenvalue weighted by atomic mass is 35.5. The quantitative estimate of drug-likeness (QED) is 0.471. The van der Waals surface area contributed by atoms with Crippen LogP contribution in [0.3, 0.4) is 0 Å². The molecule has 0 bridgehead atoms. The molecule has 1 aliphatic heterocycles. The predicted octanol–water partition coefficient (Wildman–Crippen LogP) is 3.87. The van der Waals surface area contributed by atoms with Crippen LogP contribution in [0.4, 0.5) is 10.1 Å². The van der Waals surface area contributed by atoms with E-state index in [1.807, 2.05) is 19.0 Å². The number of nitrogens with zero attached hydrogens (tertiary/aromatic N) is 4. The van der Waals surface area contributed by atoms with Gasteiger partial charge in [-0.3, -0.25) is 4.79 Å². The minimum absolute atomic E-state index is 0.106. The Balaban J connectivity index is 1.49. The Kier molecular flexibility index (Phi) is 7.43. The molecule has 1 unspecified atom stereocenters. The van der Waals surface area contributed by atoms with Crippen molar-refractivity contribution < 1.29 is 17.6 Å². The van der Waals surface area contributed by atoms with E-state index in [0.717, 1.165) is 11.2 Å². The average Bonchev–Trinajstić information content (AvgIpc) is 3.49. The van der Waals surface area contributed by atoms with Crippen LogP contribution in [0.2, 0.25) is 4.34 Å². The molecule has 35 heavy (non-hydrogen) atoms. The Hall–Kier alpha value is -2.57. The standard InChI is InChI=1S/C23H25ClFN5O3S2/c1-15(20-6-7-21(24)34-20)14-35(32,33)27-18-8-10-30(23(18)31)19-5-4-16(12-17(19)25)29-11-9-26-22(29)13-28(2)3/h4-7,9,11-12,14,18,27H,8,10,13H2,1-3H3/b15-14+. The van der Waals surface area contributed by atoms with Crippen molar-refractivity contribution in [3.05, 3.63) is 69.0 Å². The molecule has 1 amide bonds. The van der Waals surface area contributed by atoms with Crippen molar-refractivity contribution in [2.45, 2.75) is 25.9 Å². The second-order valence-corrected chi connectivity index (χ2v) is 11.8. The summed E-state index contributed by atoms with van der Waals surface area (Å²) in [6.45, 7) is 2.43. The highest BCUT2D eigenvalue weighted by molar-refractivity contribution is 7.92. The fraction of sp³-hybridized carbons (Fsp3) is 0.304. The van der Waals surface area contributed by atoms with Gasteiger partial charge in [0, 0.05) is 35.6 Å². The number of halogens is 2. The highest BCUT2D eigenvalue weighted by Crippen LogP contribution is 2.29. The number of thiophene rings is 1. The van der Waals surface area contributed by atoms with E-state index in [9.17, 15) is 13.2 Å². The first kappa shape index (κ1) is 25.5. The summed E-state index contributed by atoms with van der Waals surface area (Å²) < 4.78 is 45.1. The van der Waals surface area contributed by atoms with Crippen molar-refractivity contribution >= 4 is 50.1 Å². The summed E-state index contributed by atoms with van der Waals surface area (Å²) in [4.78, 5) is 21.2. The van der Waals surface area contributed by atoms with Crippen LogP contribution in [0, 0.1) is 5.82 Å².